The average molecular weight is 458 g/mol. The minimum atomic E-state index is 0.132. The largest absolute Gasteiger partial charge is 0.497 e. The molecule has 0 amide bonds. The molecule has 2 atom stereocenters. The molecule has 32 heavy (non-hydrogen) atoms. The van der Waals surface area contributed by atoms with Gasteiger partial charge in [0.2, 0.25) is 0 Å². The third kappa shape index (κ3) is 6.55. The van der Waals surface area contributed by atoms with Crippen LogP contribution in [0.25, 0.3) is 0 Å². The lowest BCUT2D eigenvalue weighted by Crippen LogP contribution is -2.41. The van der Waals surface area contributed by atoms with E-state index in [0.29, 0.717) is 5.92 Å². The predicted octanol–water partition coefficient (Wildman–Crippen LogP) is 6.26. The summed E-state index contributed by atoms with van der Waals surface area (Å²) in [6.45, 7) is 10.6. The molecule has 1 aromatic carbocycles. The number of benzene rings is 1. The second kappa shape index (κ2) is 12.4. The number of halogens is 1. The molecule has 0 fully saturated rings. The van der Waals surface area contributed by atoms with E-state index in [-0.39, 0.29) is 6.17 Å². The number of methoxy groups -OCH3 is 1. The van der Waals surface area contributed by atoms with Crippen LogP contribution in [-0.2, 0) is 6.54 Å². The Labute approximate surface area is 200 Å². The number of hydrogen-bond acceptors (Lipinski definition) is 4. The van der Waals surface area contributed by atoms with Crippen LogP contribution in [0, 0.1) is 5.92 Å². The molecule has 2 unspecified atom stereocenters. The van der Waals surface area contributed by atoms with Crippen LogP contribution in [0.5, 0.6) is 5.75 Å². The van der Waals surface area contributed by atoms with Crippen molar-refractivity contribution in [3.8, 4) is 5.75 Å². The fourth-order valence-electron chi connectivity index (χ4n) is 4.47. The summed E-state index contributed by atoms with van der Waals surface area (Å²) in [7, 11) is 1.73. The molecule has 2 aliphatic rings. The molecule has 1 aromatic rings. The molecule has 0 radical (unpaired) electrons. The summed E-state index contributed by atoms with van der Waals surface area (Å²) in [5.74, 6) is 1.48. The fraction of sp³-hybridized carbons (Fsp3) is 0.556. The fourth-order valence-corrected chi connectivity index (χ4v) is 4.74. The lowest BCUT2D eigenvalue weighted by atomic mass is 9.96. The maximum absolute atomic E-state index is 6.86. The zero-order chi connectivity index (χ0) is 22.9. The maximum Gasteiger partial charge on any atom is 0.126 e. The number of nitrogens with one attached hydrogen (secondary N) is 1. The highest BCUT2D eigenvalue weighted by Gasteiger charge is 2.33. The van der Waals surface area contributed by atoms with Crippen molar-refractivity contribution in [2.75, 3.05) is 26.7 Å². The number of hydrogen-bond donors (Lipinski definition) is 1. The molecule has 3 rings (SSSR count). The smallest absolute Gasteiger partial charge is 0.126 e. The van der Waals surface area contributed by atoms with Crippen molar-refractivity contribution in [3.05, 3.63) is 64.5 Å². The van der Waals surface area contributed by atoms with Gasteiger partial charge in [0.05, 0.1) is 12.8 Å². The first-order valence-corrected chi connectivity index (χ1v) is 12.6. The van der Waals surface area contributed by atoms with E-state index in [4.69, 9.17) is 16.3 Å². The highest BCUT2D eigenvalue weighted by Crippen LogP contribution is 2.31. The normalized spacial score (nSPS) is 20.7. The molecule has 5 heteroatoms. The van der Waals surface area contributed by atoms with Gasteiger partial charge in [-0.3, -0.25) is 4.90 Å². The molecule has 1 aliphatic heterocycles. The van der Waals surface area contributed by atoms with E-state index in [1.807, 2.05) is 6.07 Å². The van der Waals surface area contributed by atoms with Gasteiger partial charge in [-0.25, -0.2) is 0 Å². The standard InChI is InChI=1S/C27H40ClN3O/c1-5-7-15-30(19-22-12-10-14-24(18-22)32-4)20-25-26(28)29-27(31(25)16-8-6-2)23-13-9-11-21(3)17-23/h9-10,12-14,17-18,21,27,29H,5-8,11,15-16,19-20H2,1-4H3. The second-order valence-electron chi connectivity index (χ2n) is 9.05. The van der Waals surface area contributed by atoms with Crippen LogP contribution in [0.15, 0.2) is 58.9 Å². The Balaban J connectivity index is 1.80. The summed E-state index contributed by atoms with van der Waals surface area (Å²) in [5.41, 5.74) is 3.82. The van der Waals surface area contributed by atoms with Crippen LogP contribution in [0.4, 0.5) is 0 Å². The van der Waals surface area contributed by atoms with Gasteiger partial charge in [0.25, 0.3) is 0 Å². The SMILES string of the molecule is CCCCN(CC1=C(Cl)NC(C2=CC(C)CC=C2)N1CCCC)Cc1cccc(OC)c1. The van der Waals surface area contributed by atoms with Gasteiger partial charge in [-0.1, -0.05) is 75.6 Å². The Bertz CT molecular complexity index is 832. The molecule has 1 aliphatic carbocycles. The van der Waals surface area contributed by atoms with Crippen LogP contribution in [0.1, 0.15) is 58.4 Å². The molecule has 0 spiro atoms. The summed E-state index contributed by atoms with van der Waals surface area (Å²) in [6.07, 6.45) is 12.9. The van der Waals surface area contributed by atoms with Crippen molar-refractivity contribution < 1.29 is 4.74 Å². The molecule has 0 bridgehead atoms. The highest BCUT2D eigenvalue weighted by molar-refractivity contribution is 6.29. The molecule has 0 saturated carbocycles. The topological polar surface area (TPSA) is 27.7 Å². The van der Waals surface area contributed by atoms with E-state index in [1.165, 1.54) is 36.1 Å². The lowest BCUT2D eigenvalue weighted by molar-refractivity contribution is 0.225. The van der Waals surface area contributed by atoms with E-state index in [0.717, 1.165) is 49.9 Å². The number of rotatable bonds is 12. The van der Waals surface area contributed by atoms with Crippen molar-refractivity contribution in [1.82, 2.24) is 15.1 Å². The third-order valence-electron chi connectivity index (χ3n) is 6.28. The first kappa shape index (κ1) is 24.7. The first-order valence-electron chi connectivity index (χ1n) is 12.2. The second-order valence-corrected chi connectivity index (χ2v) is 9.43. The molecule has 1 heterocycles. The van der Waals surface area contributed by atoms with Gasteiger partial charge in [0, 0.05) is 19.6 Å². The molecule has 176 valence electrons. The third-order valence-corrected chi connectivity index (χ3v) is 6.61. The zero-order valence-electron chi connectivity index (χ0n) is 20.2. The van der Waals surface area contributed by atoms with Crippen LogP contribution in [0.2, 0.25) is 0 Å². The summed E-state index contributed by atoms with van der Waals surface area (Å²) >= 11 is 6.86. The molecular formula is C27H40ClN3O. The Morgan fingerprint density at radius 3 is 2.72 bits per heavy atom. The van der Waals surface area contributed by atoms with Crippen LogP contribution >= 0.6 is 11.6 Å². The van der Waals surface area contributed by atoms with Gasteiger partial charge in [-0.2, -0.15) is 0 Å². The van der Waals surface area contributed by atoms with Crippen molar-refractivity contribution >= 4 is 11.6 Å². The van der Waals surface area contributed by atoms with Crippen molar-refractivity contribution in [2.24, 2.45) is 5.92 Å². The number of unbranched alkanes of at least 4 members (excludes halogenated alkanes) is 2. The van der Waals surface area contributed by atoms with E-state index in [1.54, 1.807) is 7.11 Å². The summed E-state index contributed by atoms with van der Waals surface area (Å²) in [5, 5.41) is 4.40. The highest BCUT2D eigenvalue weighted by atomic mass is 35.5. The van der Waals surface area contributed by atoms with E-state index in [9.17, 15) is 0 Å². The Hall–Kier alpha value is -1.91. The Morgan fingerprint density at radius 1 is 1.19 bits per heavy atom. The summed E-state index contributed by atoms with van der Waals surface area (Å²) in [6, 6.07) is 8.39. The predicted molar refractivity (Wildman–Crippen MR) is 136 cm³/mol. The molecule has 4 nitrogen and oxygen atoms in total. The first-order chi connectivity index (χ1) is 15.5. The van der Waals surface area contributed by atoms with E-state index in [2.05, 4.69) is 72.3 Å². The lowest BCUT2D eigenvalue weighted by Gasteiger charge is -2.33. The average Bonchev–Trinajstić information content (AvgIpc) is 3.11. The Kier molecular flexibility index (Phi) is 9.55. The molecular weight excluding hydrogens is 418 g/mol. The molecule has 0 aromatic heterocycles. The maximum atomic E-state index is 6.86. The number of ether oxygens (including phenoxy) is 1. The summed E-state index contributed by atoms with van der Waals surface area (Å²) < 4.78 is 5.44. The monoisotopic (exact) mass is 457 g/mol. The van der Waals surface area contributed by atoms with Crippen molar-refractivity contribution in [2.45, 2.75) is 65.6 Å². The van der Waals surface area contributed by atoms with E-state index >= 15 is 0 Å². The molecule has 1 N–H and O–H groups in total. The minimum Gasteiger partial charge on any atom is -0.497 e. The quantitative estimate of drug-likeness (QED) is 0.375. The van der Waals surface area contributed by atoms with Gasteiger partial charge < -0.3 is 15.0 Å². The van der Waals surface area contributed by atoms with Crippen molar-refractivity contribution in [1.29, 1.82) is 0 Å². The van der Waals surface area contributed by atoms with Gasteiger partial charge in [0.15, 0.2) is 0 Å². The van der Waals surface area contributed by atoms with Gasteiger partial charge in [0.1, 0.15) is 17.1 Å². The van der Waals surface area contributed by atoms with Crippen LogP contribution in [-0.4, -0.2) is 42.7 Å². The number of allylic oxidation sites excluding steroid dienone is 2. The van der Waals surface area contributed by atoms with Crippen molar-refractivity contribution in [3.63, 3.8) is 0 Å². The zero-order valence-corrected chi connectivity index (χ0v) is 21.0. The molecule has 0 saturated heterocycles. The van der Waals surface area contributed by atoms with Crippen LogP contribution in [0.3, 0.4) is 0 Å². The summed E-state index contributed by atoms with van der Waals surface area (Å²) in [4.78, 5) is 5.03. The van der Waals surface area contributed by atoms with Gasteiger partial charge >= 0.3 is 0 Å². The van der Waals surface area contributed by atoms with Crippen LogP contribution < -0.4 is 10.1 Å². The van der Waals surface area contributed by atoms with Gasteiger partial charge in [-0.15, -0.1) is 0 Å². The minimum absolute atomic E-state index is 0.132. The number of nitrogens with zero attached hydrogens (tertiary/aromatic N) is 2. The van der Waals surface area contributed by atoms with Gasteiger partial charge in [-0.05, 0) is 55.0 Å². The van der Waals surface area contributed by atoms with E-state index < -0.39 is 0 Å². The Morgan fingerprint density at radius 2 is 2.00 bits per heavy atom.